The average molecular weight is 456 g/mol. The standard InChI is InChI=1S/C23H25N3O3S2/c1-3-29-17-10-11-19-20(13-17)31-23(25(19)2)24-21(27)14-30-15-22(28)26-12-6-8-16-7-4-5-9-18(16)26/h4-5,7,9-11,13H,3,6,8,12,14-15H2,1-2H3. The third kappa shape index (κ3) is 4.85. The number of aromatic nitrogens is 1. The molecule has 1 aliphatic heterocycles. The van der Waals surface area contributed by atoms with Crippen LogP contribution in [-0.2, 0) is 23.1 Å². The fraction of sp³-hybridized carbons (Fsp3) is 0.348. The van der Waals surface area contributed by atoms with Crippen LogP contribution in [0.1, 0.15) is 18.9 Å². The molecule has 4 rings (SSSR count). The highest BCUT2D eigenvalue weighted by atomic mass is 32.2. The molecule has 0 saturated carbocycles. The van der Waals surface area contributed by atoms with Crippen LogP contribution in [0.25, 0.3) is 10.2 Å². The maximum Gasteiger partial charge on any atom is 0.258 e. The Bertz CT molecular complexity index is 1180. The number of thiazole rings is 1. The number of hydrogen-bond acceptors (Lipinski definition) is 5. The van der Waals surface area contributed by atoms with Gasteiger partial charge in [0.15, 0.2) is 4.80 Å². The number of carbonyl (C=O) groups is 2. The zero-order valence-corrected chi connectivity index (χ0v) is 19.3. The second kappa shape index (κ2) is 9.70. The van der Waals surface area contributed by atoms with Gasteiger partial charge in [0.05, 0.1) is 28.3 Å². The summed E-state index contributed by atoms with van der Waals surface area (Å²) in [5.74, 6) is 1.07. The van der Waals surface area contributed by atoms with Gasteiger partial charge in [-0.1, -0.05) is 29.5 Å². The summed E-state index contributed by atoms with van der Waals surface area (Å²) in [7, 11) is 1.90. The summed E-state index contributed by atoms with van der Waals surface area (Å²) in [6.07, 6.45) is 1.97. The summed E-state index contributed by atoms with van der Waals surface area (Å²) < 4.78 is 8.48. The van der Waals surface area contributed by atoms with Crippen LogP contribution in [0, 0.1) is 0 Å². The van der Waals surface area contributed by atoms with Gasteiger partial charge in [-0.05, 0) is 49.6 Å². The van der Waals surface area contributed by atoms with E-state index in [2.05, 4.69) is 11.1 Å². The lowest BCUT2D eigenvalue weighted by atomic mass is 10.0. The zero-order chi connectivity index (χ0) is 21.8. The second-order valence-electron chi connectivity index (χ2n) is 7.28. The van der Waals surface area contributed by atoms with Crippen LogP contribution in [0.4, 0.5) is 5.69 Å². The van der Waals surface area contributed by atoms with Crippen molar-refractivity contribution in [1.82, 2.24) is 4.57 Å². The Morgan fingerprint density at radius 3 is 2.87 bits per heavy atom. The van der Waals surface area contributed by atoms with E-state index in [4.69, 9.17) is 4.74 Å². The predicted octanol–water partition coefficient (Wildman–Crippen LogP) is 3.78. The average Bonchev–Trinajstić information content (AvgIpc) is 3.08. The first-order valence-corrected chi connectivity index (χ1v) is 12.3. The number of aryl methyl sites for hydroxylation is 2. The van der Waals surface area contributed by atoms with Crippen LogP contribution >= 0.6 is 23.1 Å². The molecule has 0 N–H and O–H groups in total. The molecule has 2 heterocycles. The molecule has 162 valence electrons. The van der Waals surface area contributed by atoms with Gasteiger partial charge in [0.1, 0.15) is 5.75 Å². The Hall–Kier alpha value is -2.58. The molecule has 0 unspecified atom stereocenters. The number of fused-ring (bicyclic) bond motifs is 2. The highest BCUT2D eigenvalue weighted by molar-refractivity contribution is 8.00. The quantitative estimate of drug-likeness (QED) is 0.568. The molecular weight excluding hydrogens is 430 g/mol. The topological polar surface area (TPSA) is 63.9 Å². The van der Waals surface area contributed by atoms with Gasteiger partial charge in [-0.15, -0.1) is 11.8 Å². The minimum Gasteiger partial charge on any atom is -0.494 e. The number of ether oxygens (including phenoxy) is 1. The Kier molecular flexibility index (Phi) is 6.77. The molecule has 0 spiro atoms. The molecule has 8 heteroatoms. The highest BCUT2D eigenvalue weighted by Gasteiger charge is 2.22. The lowest BCUT2D eigenvalue weighted by Crippen LogP contribution is -2.36. The predicted molar refractivity (Wildman–Crippen MR) is 127 cm³/mol. The molecule has 1 aromatic heterocycles. The van der Waals surface area contributed by atoms with Crippen LogP contribution in [0.5, 0.6) is 5.75 Å². The number of thioether (sulfide) groups is 1. The number of rotatable bonds is 6. The summed E-state index contributed by atoms with van der Waals surface area (Å²) in [6, 6.07) is 13.9. The SMILES string of the molecule is CCOc1ccc2c(c1)sc(=NC(=O)CSCC(=O)N1CCCc3ccccc31)n2C. The van der Waals surface area contributed by atoms with Gasteiger partial charge in [0.2, 0.25) is 5.91 Å². The molecule has 0 bridgehead atoms. The van der Waals surface area contributed by atoms with Gasteiger partial charge in [-0.3, -0.25) is 9.59 Å². The van der Waals surface area contributed by atoms with Crippen molar-refractivity contribution >= 4 is 50.8 Å². The van der Waals surface area contributed by atoms with Crippen molar-refractivity contribution < 1.29 is 14.3 Å². The van der Waals surface area contributed by atoms with Crippen molar-refractivity contribution in [3.63, 3.8) is 0 Å². The number of nitrogens with zero attached hydrogens (tertiary/aromatic N) is 3. The molecule has 0 atom stereocenters. The molecule has 0 fully saturated rings. The fourth-order valence-electron chi connectivity index (χ4n) is 3.71. The molecule has 1 aliphatic rings. The van der Waals surface area contributed by atoms with E-state index in [1.165, 1.54) is 28.7 Å². The molecule has 0 radical (unpaired) electrons. The maximum atomic E-state index is 12.7. The fourth-order valence-corrected chi connectivity index (χ4v) is 5.45. The van der Waals surface area contributed by atoms with Crippen LogP contribution in [0.3, 0.4) is 0 Å². The highest BCUT2D eigenvalue weighted by Crippen LogP contribution is 2.27. The third-order valence-corrected chi connectivity index (χ3v) is 7.17. The Balaban J connectivity index is 1.39. The number of benzene rings is 2. The number of hydrogen-bond donors (Lipinski definition) is 0. The molecule has 0 saturated heterocycles. The van der Waals surface area contributed by atoms with Crippen molar-refractivity contribution in [2.24, 2.45) is 12.0 Å². The summed E-state index contributed by atoms with van der Waals surface area (Å²) in [6.45, 7) is 3.29. The van der Waals surface area contributed by atoms with Gasteiger partial charge in [0, 0.05) is 19.3 Å². The van der Waals surface area contributed by atoms with Gasteiger partial charge in [0.25, 0.3) is 5.91 Å². The normalized spacial score (nSPS) is 14.0. The first-order valence-electron chi connectivity index (χ1n) is 10.3. The number of carbonyl (C=O) groups excluding carboxylic acids is 2. The van der Waals surface area contributed by atoms with E-state index in [0.717, 1.165) is 41.0 Å². The summed E-state index contributed by atoms with van der Waals surface area (Å²) in [4.78, 5) is 31.9. The van der Waals surface area contributed by atoms with E-state index in [0.29, 0.717) is 11.4 Å². The molecule has 3 aromatic rings. The summed E-state index contributed by atoms with van der Waals surface area (Å²) >= 11 is 2.78. The Morgan fingerprint density at radius 1 is 1.19 bits per heavy atom. The summed E-state index contributed by atoms with van der Waals surface area (Å²) in [5.41, 5.74) is 3.22. The lowest BCUT2D eigenvalue weighted by Gasteiger charge is -2.29. The monoisotopic (exact) mass is 455 g/mol. The molecule has 0 aliphatic carbocycles. The Labute approximate surface area is 189 Å². The maximum absolute atomic E-state index is 12.7. The van der Waals surface area contributed by atoms with Crippen molar-refractivity contribution in [2.45, 2.75) is 19.8 Å². The smallest absolute Gasteiger partial charge is 0.258 e. The zero-order valence-electron chi connectivity index (χ0n) is 17.7. The van der Waals surface area contributed by atoms with Gasteiger partial charge in [-0.2, -0.15) is 4.99 Å². The van der Waals surface area contributed by atoms with Crippen molar-refractivity contribution in [2.75, 3.05) is 29.6 Å². The van der Waals surface area contributed by atoms with E-state index >= 15 is 0 Å². The number of anilines is 1. The van der Waals surface area contributed by atoms with Crippen LogP contribution in [-0.4, -0.2) is 41.0 Å². The Morgan fingerprint density at radius 2 is 2.03 bits per heavy atom. The molecule has 2 amide bonds. The van der Waals surface area contributed by atoms with Crippen LogP contribution < -0.4 is 14.4 Å². The van der Waals surface area contributed by atoms with Crippen LogP contribution in [0.2, 0.25) is 0 Å². The third-order valence-electron chi connectivity index (χ3n) is 5.17. The van der Waals surface area contributed by atoms with Crippen molar-refractivity contribution in [3.05, 3.63) is 52.8 Å². The largest absolute Gasteiger partial charge is 0.494 e. The van der Waals surface area contributed by atoms with Crippen molar-refractivity contribution in [3.8, 4) is 5.75 Å². The first kappa shape index (κ1) is 21.6. The number of amides is 2. The molecule has 2 aromatic carbocycles. The van der Waals surface area contributed by atoms with Gasteiger partial charge < -0.3 is 14.2 Å². The molecule has 31 heavy (non-hydrogen) atoms. The van der Waals surface area contributed by atoms with Crippen molar-refractivity contribution in [1.29, 1.82) is 0 Å². The van der Waals surface area contributed by atoms with E-state index in [-0.39, 0.29) is 23.3 Å². The lowest BCUT2D eigenvalue weighted by molar-refractivity contribution is -0.116. The first-order chi connectivity index (χ1) is 15.1. The number of para-hydroxylation sites is 1. The van der Waals surface area contributed by atoms with E-state index < -0.39 is 0 Å². The summed E-state index contributed by atoms with van der Waals surface area (Å²) in [5, 5.41) is 0. The van der Waals surface area contributed by atoms with Gasteiger partial charge in [-0.25, -0.2) is 0 Å². The molecular formula is C23H25N3O3S2. The molecule has 6 nitrogen and oxygen atoms in total. The minimum absolute atomic E-state index is 0.0424. The van der Waals surface area contributed by atoms with E-state index in [1.54, 1.807) is 0 Å². The van der Waals surface area contributed by atoms with E-state index in [9.17, 15) is 9.59 Å². The van der Waals surface area contributed by atoms with Gasteiger partial charge >= 0.3 is 0 Å². The minimum atomic E-state index is -0.232. The second-order valence-corrected chi connectivity index (χ2v) is 9.28. The van der Waals surface area contributed by atoms with E-state index in [1.807, 2.05) is 59.8 Å². The van der Waals surface area contributed by atoms with Crippen LogP contribution in [0.15, 0.2) is 47.5 Å².